The molecule has 1 aromatic rings. The van der Waals surface area contributed by atoms with Gasteiger partial charge in [-0.05, 0) is 12.2 Å². The Balaban J connectivity index is 2.36. The largest absolute Gasteiger partial charge is 0.209 e. The summed E-state index contributed by atoms with van der Waals surface area (Å²) in [6, 6.07) is 0. The summed E-state index contributed by atoms with van der Waals surface area (Å²) < 4.78 is 60.3. The van der Waals surface area contributed by atoms with Crippen molar-refractivity contribution in [2.45, 2.75) is 80.9 Å². The van der Waals surface area contributed by atoms with E-state index in [2.05, 4.69) is 21.2 Å². The molecule has 0 aliphatic heterocycles. The van der Waals surface area contributed by atoms with Gasteiger partial charge in [0.1, 0.15) is 4.90 Å². The second-order valence-electron chi connectivity index (χ2n) is 6.33. The molecule has 0 saturated heterocycles. The molecule has 0 unspecified atom stereocenters. The monoisotopic (exact) mass is 444 g/mol. The summed E-state index contributed by atoms with van der Waals surface area (Å²) in [5, 5.41) is 3.98. The van der Waals surface area contributed by atoms with Gasteiger partial charge in [0.05, 0.1) is 24.0 Å². The fourth-order valence-electron chi connectivity index (χ4n) is 2.63. The van der Waals surface area contributed by atoms with Gasteiger partial charge in [-0.2, -0.15) is 0 Å². The number of unbranched alkanes of at least 4 members (excludes halogenated alkanes) is 9. The van der Waals surface area contributed by atoms with Crippen LogP contribution in [0.15, 0.2) is 9.79 Å². The predicted octanol–water partition coefficient (Wildman–Crippen LogP) is 7.77. The van der Waals surface area contributed by atoms with Crippen LogP contribution in [-0.4, -0.2) is 12.9 Å². The number of hydrogen-bond donors (Lipinski definition) is 0. The van der Waals surface area contributed by atoms with E-state index in [4.69, 9.17) is 0 Å². The molecule has 0 aliphatic rings. The number of rotatable bonds is 16. The highest BCUT2D eigenvalue weighted by atomic mass is 32.2. The summed E-state index contributed by atoms with van der Waals surface area (Å²) >= 11 is 0.775. The first-order valence-electron chi connectivity index (χ1n) is 9.57. The molecule has 0 aromatic heterocycles. The lowest BCUT2D eigenvalue weighted by Crippen LogP contribution is -2.03. The van der Waals surface area contributed by atoms with Crippen molar-refractivity contribution in [3.63, 3.8) is 0 Å². The minimum Gasteiger partial charge on any atom is -0.209 e. The summed E-state index contributed by atoms with van der Waals surface area (Å²) in [6.07, 6.45) is 11.4. The second kappa shape index (κ2) is 15.4. The molecular formula is C19H28F4O3S2. The number of benzene rings is 1. The lowest BCUT2D eigenvalue weighted by Gasteiger charge is -2.10. The molecule has 0 amide bonds. The van der Waals surface area contributed by atoms with E-state index in [0.717, 1.165) is 44.6 Å². The minimum atomic E-state index is -1.52. The van der Waals surface area contributed by atoms with Gasteiger partial charge in [-0.1, -0.05) is 69.7 Å². The van der Waals surface area contributed by atoms with Gasteiger partial charge in [0.25, 0.3) is 0 Å². The first-order chi connectivity index (χ1) is 13.5. The minimum absolute atomic E-state index is 0.00569. The van der Waals surface area contributed by atoms with Crippen LogP contribution >= 0.6 is 23.8 Å². The highest BCUT2D eigenvalue weighted by Gasteiger charge is 2.26. The van der Waals surface area contributed by atoms with Gasteiger partial charge in [-0.25, -0.2) is 22.4 Å². The predicted molar refractivity (Wildman–Crippen MR) is 104 cm³/mol. The lowest BCUT2D eigenvalue weighted by molar-refractivity contribution is -0.447. The fourth-order valence-corrected chi connectivity index (χ4v) is 4.09. The lowest BCUT2D eigenvalue weighted by atomic mass is 10.1. The van der Waals surface area contributed by atoms with Gasteiger partial charge in [0.15, 0.2) is 23.3 Å². The summed E-state index contributed by atoms with van der Waals surface area (Å²) in [4.78, 5) is 2.46. The quantitative estimate of drug-likeness (QED) is 0.0494. The molecule has 0 spiro atoms. The zero-order chi connectivity index (χ0) is 20.8. The molecule has 3 nitrogen and oxygen atoms in total. The van der Waals surface area contributed by atoms with Crippen LogP contribution < -0.4 is 0 Å². The van der Waals surface area contributed by atoms with E-state index in [1.807, 2.05) is 0 Å². The van der Waals surface area contributed by atoms with Crippen LogP contribution in [0.5, 0.6) is 0 Å². The molecule has 9 heteroatoms. The van der Waals surface area contributed by atoms with E-state index in [-0.39, 0.29) is 12.0 Å². The standard InChI is InChI=1S/C19H28F4O3S2/c1-3-4-5-6-7-8-9-10-11-12-13-27-18-14(20)16(22)19(17(23)15(18)21)28-26-25-24-2/h3-13H2,1-2H3. The average Bonchev–Trinajstić information content (AvgIpc) is 2.69. The van der Waals surface area contributed by atoms with Crippen LogP contribution in [-0.2, 0) is 14.3 Å². The third kappa shape index (κ3) is 8.90. The maximum absolute atomic E-state index is 14.1. The fraction of sp³-hybridized carbons (Fsp3) is 0.684. The SMILES string of the molecule is CCCCCCCCCCCCSc1c(F)c(F)c(SOOOC)c(F)c1F. The van der Waals surface area contributed by atoms with Crippen molar-refractivity contribution in [2.24, 2.45) is 0 Å². The second-order valence-corrected chi connectivity index (χ2v) is 8.15. The first kappa shape index (κ1) is 25.6. The molecule has 0 heterocycles. The average molecular weight is 445 g/mol. The third-order valence-corrected chi connectivity index (χ3v) is 5.93. The van der Waals surface area contributed by atoms with Crippen molar-refractivity contribution in [1.82, 2.24) is 0 Å². The smallest absolute Gasteiger partial charge is 0.179 e. The van der Waals surface area contributed by atoms with Crippen LogP contribution in [0.4, 0.5) is 17.6 Å². The Hall–Kier alpha value is -0.480. The molecule has 0 N–H and O–H groups in total. The van der Waals surface area contributed by atoms with Crippen molar-refractivity contribution in [2.75, 3.05) is 12.9 Å². The van der Waals surface area contributed by atoms with E-state index in [1.54, 1.807) is 0 Å². The van der Waals surface area contributed by atoms with Crippen molar-refractivity contribution in [1.29, 1.82) is 0 Å². The van der Waals surface area contributed by atoms with Crippen LogP contribution in [0.25, 0.3) is 0 Å². The van der Waals surface area contributed by atoms with Crippen molar-refractivity contribution >= 4 is 23.8 Å². The molecular weight excluding hydrogens is 416 g/mol. The summed E-state index contributed by atoms with van der Waals surface area (Å²) in [5.74, 6) is -5.51. The molecule has 28 heavy (non-hydrogen) atoms. The topological polar surface area (TPSA) is 27.7 Å². The van der Waals surface area contributed by atoms with Crippen LogP contribution in [0.3, 0.4) is 0 Å². The van der Waals surface area contributed by atoms with E-state index in [0.29, 0.717) is 5.75 Å². The van der Waals surface area contributed by atoms with Gasteiger partial charge in [-0.3, -0.25) is 0 Å². The van der Waals surface area contributed by atoms with E-state index >= 15 is 0 Å². The van der Waals surface area contributed by atoms with Gasteiger partial charge >= 0.3 is 0 Å². The van der Waals surface area contributed by atoms with Crippen LogP contribution in [0.1, 0.15) is 71.1 Å². The summed E-state index contributed by atoms with van der Waals surface area (Å²) in [5.41, 5.74) is 0. The van der Waals surface area contributed by atoms with E-state index in [1.165, 1.54) is 38.5 Å². The Labute approximate surface area is 172 Å². The maximum atomic E-state index is 14.1. The number of hydrogen-bond acceptors (Lipinski definition) is 5. The molecule has 0 aliphatic carbocycles. The molecule has 1 aromatic carbocycles. The van der Waals surface area contributed by atoms with Gasteiger partial charge in [0, 0.05) is 0 Å². The molecule has 0 saturated carbocycles. The van der Waals surface area contributed by atoms with Gasteiger partial charge < -0.3 is 0 Å². The number of halogens is 4. The van der Waals surface area contributed by atoms with Crippen molar-refractivity contribution in [3.8, 4) is 0 Å². The van der Waals surface area contributed by atoms with Crippen molar-refractivity contribution in [3.05, 3.63) is 23.3 Å². The van der Waals surface area contributed by atoms with E-state index < -0.39 is 33.1 Å². The summed E-state index contributed by atoms with van der Waals surface area (Å²) in [7, 11) is 1.10. The Morgan fingerprint density at radius 1 is 0.679 bits per heavy atom. The molecule has 1 rings (SSSR count). The Morgan fingerprint density at radius 2 is 1.14 bits per heavy atom. The highest BCUT2D eigenvalue weighted by molar-refractivity contribution is 7.99. The summed E-state index contributed by atoms with van der Waals surface area (Å²) in [6.45, 7) is 2.19. The zero-order valence-electron chi connectivity index (χ0n) is 16.3. The van der Waals surface area contributed by atoms with E-state index in [9.17, 15) is 17.6 Å². The highest BCUT2D eigenvalue weighted by Crippen LogP contribution is 2.36. The molecule has 0 atom stereocenters. The van der Waals surface area contributed by atoms with Crippen LogP contribution in [0.2, 0.25) is 0 Å². The Morgan fingerprint density at radius 3 is 1.64 bits per heavy atom. The third-order valence-electron chi connectivity index (χ3n) is 4.14. The Bertz CT molecular complexity index is 548. The van der Waals surface area contributed by atoms with Gasteiger partial charge in [-0.15, -0.1) is 16.1 Å². The maximum Gasteiger partial charge on any atom is 0.179 e. The normalized spacial score (nSPS) is 11.4. The van der Waals surface area contributed by atoms with Crippen LogP contribution in [0, 0.1) is 23.3 Å². The first-order valence-corrected chi connectivity index (χ1v) is 11.3. The zero-order valence-corrected chi connectivity index (χ0v) is 18.0. The van der Waals surface area contributed by atoms with Crippen molar-refractivity contribution < 1.29 is 31.8 Å². The Kier molecular flexibility index (Phi) is 14.0. The number of thioether (sulfide) groups is 1. The molecule has 0 radical (unpaired) electrons. The van der Waals surface area contributed by atoms with Gasteiger partial charge in [0.2, 0.25) is 0 Å². The molecule has 0 bridgehead atoms. The molecule has 0 fully saturated rings. The molecule has 162 valence electrons.